The SMILES string of the molecule is CNCCC1CCN(C(=O)C2(c3ccccc3Cl)CCOCC2)CC1.Cl. The number of benzene rings is 1. The normalized spacial score (nSPS) is 20.5. The van der Waals surface area contributed by atoms with Crippen molar-refractivity contribution in [1.82, 2.24) is 10.2 Å². The molecular weight excluding hydrogens is 371 g/mol. The summed E-state index contributed by atoms with van der Waals surface area (Å²) in [5.74, 6) is 0.971. The zero-order chi connectivity index (χ0) is 17.7. The highest BCUT2D eigenvalue weighted by Gasteiger charge is 2.45. The predicted molar refractivity (Wildman–Crippen MR) is 108 cm³/mol. The second-order valence-electron chi connectivity index (χ2n) is 7.30. The Balaban J connectivity index is 0.00000243. The zero-order valence-electron chi connectivity index (χ0n) is 15.5. The molecule has 1 aromatic carbocycles. The van der Waals surface area contributed by atoms with Crippen LogP contribution < -0.4 is 5.32 Å². The van der Waals surface area contributed by atoms with E-state index in [4.69, 9.17) is 16.3 Å². The van der Waals surface area contributed by atoms with Crippen molar-refractivity contribution in [2.24, 2.45) is 5.92 Å². The van der Waals surface area contributed by atoms with Gasteiger partial charge in [-0.15, -0.1) is 12.4 Å². The minimum atomic E-state index is -0.519. The van der Waals surface area contributed by atoms with Crippen molar-refractivity contribution in [2.75, 3.05) is 39.9 Å². The first-order valence-corrected chi connectivity index (χ1v) is 9.82. The van der Waals surface area contributed by atoms with Gasteiger partial charge < -0.3 is 15.0 Å². The topological polar surface area (TPSA) is 41.6 Å². The summed E-state index contributed by atoms with van der Waals surface area (Å²) in [7, 11) is 2.00. The van der Waals surface area contributed by atoms with Crippen LogP contribution in [0.1, 0.15) is 37.7 Å². The molecule has 1 N–H and O–H groups in total. The maximum Gasteiger partial charge on any atom is 0.233 e. The first-order chi connectivity index (χ1) is 12.2. The van der Waals surface area contributed by atoms with E-state index in [2.05, 4.69) is 10.2 Å². The van der Waals surface area contributed by atoms with Gasteiger partial charge in [-0.1, -0.05) is 29.8 Å². The minimum Gasteiger partial charge on any atom is -0.381 e. The van der Waals surface area contributed by atoms with Crippen LogP contribution in [0.25, 0.3) is 0 Å². The third kappa shape index (κ3) is 4.53. The van der Waals surface area contributed by atoms with E-state index >= 15 is 0 Å². The molecule has 0 aromatic heterocycles. The Morgan fingerprint density at radius 2 is 1.92 bits per heavy atom. The van der Waals surface area contributed by atoms with Gasteiger partial charge in [-0.05, 0) is 63.2 Å². The third-order valence-corrected chi connectivity index (χ3v) is 6.18. The van der Waals surface area contributed by atoms with Gasteiger partial charge >= 0.3 is 0 Å². The molecular formula is C20H30Cl2N2O2. The molecule has 0 unspecified atom stereocenters. The number of hydrogen-bond acceptors (Lipinski definition) is 3. The van der Waals surface area contributed by atoms with Crippen LogP contribution in [0.15, 0.2) is 24.3 Å². The monoisotopic (exact) mass is 400 g/mol. The van der Waals surface area contributed by atoms with Gasteiger partial charge in [0.2, 0.25) is 5.91 Å². The van der Waals surface area contributed by atoms with E-state index in [0.717, 1.165) is 56.8 Å². The van der Waals surface area contributed by atoms with Crippen LogP contribution in [0.2, 0.25) is 5.02 Å². The van der Waals surface area contributed by atoms with Crippen LogP contribution in [-0.4, -0.2) is 50.7 Å². The van der Waals surface area contributed by atoms with Gasteiger partial charge in [-0.25, -0.2) is 0 Å². The van der Waals surface area contributed by atoms with E-state index in [-0.39, 0.29) is 18.3 Å². The fraction of sp³-hybridized carbons (Fsp3) is 0.650. The van der Waals surface area contributed by atoms with E-state index in [1.54, 1.807) is 0 Å². The quantitative estimate of drug-likeness (QED) is 0.819. The number of likely N-dealkylation sites (tertiary alicyclic amines) is 1. The molecule has 2 fully saturated rings. The standard InChI is InChI=1S/C20H29ClN2O2.ClH/c1-22-11-6-16-7-12-23(13-8-16)19(24)20(9-14-25-15-10-20)17-4-2-3-5-18(17)21;/h2-5,16,22H,6-15H2,1H3;1H. The van der Waals surface area contributed by atoms with Gasteiger partial charge in [-0.2, -0.15) is 0 Å². The van der Waals surface area contributed by atoms with Crippen LogP contribution in [0.5, 0.6) is 0 Å². The largest absolute Gasteiger partial charge is 0.381 e. The summed E-state index contributed by atoms with van der Waals surface area (Å²) >= 11 is 6.49. The van der Waals surface area contributed by atoms with Gasteiger partial charge in [0.25, 0.3) is 0 Å². The number of amides is 1. The fourth-order valence-electron chi connectivity index (χ4n) is 4.24. The van der Waals surface area contributed by atoms with Crippen LogP contribution >= 0.6 is 24.0 Å². The molecule has 2 aliphatic heterocycles. The number of nitrogens with one attached hydrogen (secondary N) is 1. The van der Waals surface area contributed by atoms with E-state index in [1.165, 1.54) is 6.42 Å². The average Bonchev–Trinajstić information content (AvgIpc) is 2.67. The van der Waals surface area contributed by atoms with Crippen molar-refractivity contribution in [3.05, 3.63) is 34.9 Å². The second kappa shape index (κ2) is 9.93. The maximum absolute atomic E-state index is 13.5. The summed E-state index contributed by atoms with van der Waals surface area (Å²) in [4.78, 5) is 15.6. The molecule has 0 radical (unpaired) electrons. The van der Waals surface area contributed by atoms with Gasteiger partial charge in [0.05, 0.1) is 5.41 Å². The smallest absolute Gasteiger partial charge is 0.233 e. The number of hydrogen-bond donors (Lipinski definition) is 1. The molecule has 2 aliphatic rings. The Kier molecular flexibility index (Phi) is 8.21. The predicted octanol–water partition coefficient (Wildman–Crippen LogP) is 3.66. The molecule has 0 spiro atoms. The molecule has 2 saturated heterocycles. The van der Waals surface area contributed by atoms with Crippen LogP contribution in [0, 0.1) is 5.92 Å². The number of carbonyl (C=O) groups excluding carboxylic acids is 1. The molecule has 2 heterocycles. The lowest BCUT2D eigenvalue weighted by molar-refractivity contribution is -0.142. The Morgan fingerprint density at radius 3 is 2.54 bits per heavy atom. The Morgan fingerprint density at radius 1 is 1.27 bits per heavy atom. The summed E-state index contributed by atoms with van der Waals surface area (Å²) in [5, 5.41) is 3.92. The molecule has 146 valence electrons. The summed E-state index contributed by atoms with van der Waals surface area (Å²) in [6.45, 7) is 4.02. The Labute approximate surface area is 168 Å². The molecule has 0 bridgehead atoms. The lowest BCUT2D eigenvalue weighted by atomic mass is 9.72. The molecule has 0 atom stereocenters. The fourth-order valence-corrected chi connectivity index (χ4v) is 4.56. The number of carbonyl (C=O) groups is 1. The van der Waals surface area contributed by atoms with Crippen molar-refractivity contribution in [3.63, 3.8) is 0 Å². The van der Waals surface area contributed by atoms with E-state index in [9.17, 15) is 4.79 Å². The third-order valence-electron chi connectivity index (χ3n) is 5.85. The second-order valence-corrected chi connectivity index (χ2v) is 7.71. The molecule has 26 heavy (non-hydrogen) atoms. The van der Waals surface area contributed by atoms with Crippen molar-refractivity contribution in [2.45, 2.75) is 37.5 Å². The lowest BCUT2D eigenvalue weighted by Gasteiger charge is -2.42. The lowest BCUT2D eigenvalue weighted by Crippen LogP contribution is -2.52. The van der Waals surface area contributed by atoms with E-state index in [1.807, 2.05) is 31.3 Å². The number of rotatable bonds is 5. The average molecular weight is 401 g/mol. The van der Waals surface area contributed by atoms with Crippen LogP contribution in [0.3, 0.4) is 0 Å². The molecule has 1 amide bonds. The molecule has 1 aromatic rings. The van der Waals surface area contributed by atoms with Crippen LogP contribution in [-0.2, 0) is 14.9 Å². The Bertz CT molecular complexity index is 583. The summed E-state index contributed by atoms with van der Waals surface area (Å²) in [5.41, 5.74) is 0.455. The highest BCUT2D eigenvalue weighted by molar-refractivity contribution is 6.31. The molecule has 3 rings (SSSR count). The van der Waals surface area contributed by atoms with Gasteiger partial charge in [0, 0.05) is 31.3 Å². The minimum absolute atomic E-state index is 0. The Hall–Kier alpha value is -0.810. The maximum atomic E-state index is 13.5. The number of halogens is 2. The van der Waals surface area contributed by atoms with Gasteiger partial charge in [0.15, 0.2) is 0 Å². The van der Waals surface area contributed by atoms with Crippen LogP contribution in [0.4, 0.5) is 0 Å². The van der Waals surface area contributed by atoms with Gasteiger partial charge in [0.1, 0.15) is 0 Å². The highest BCUT2D eigenvalue weighted by atomic mass is 35.5. The molecule has 0 aliphatic carbocycles. The molecule has 6 heteroatoms. The highest BCUT2D eigenvalue weighted by Crippen LogP contribution is 2.41. The first-order valence-electron chi connectivity index (χ1n) is 9.44. The molecule has 0 saturated carbocycles. The van der Waals surface area contributed by atoms with Crippen molar-refractivity contribution < 1.29 is 9.53 Å². The zero-order valence-corrected chi connectivity index (χ0v) is 17.1. The summed E-state index contributed by atoms with van der Waals surface area (Å²) < 4.78 is 5.56. The summed E-state index contributed by atoms with van der Waals surface area (Å²) in [6, 6.07) is 7.82. The number of piperidine rings is 1. The number of ether oxygens (including phenoxy) is 1. The van der Waals surface area contributed by atoms with E-state index < -0.39 is 5.41 Å². The van der Waals surface area contributed by atoms with E-state index in [0.29, 0.717) is 18.2 Å². The number of nitrogens with zero attached hydrogens (tertiary/aromatic N) is 1. The van der Waals surface area contributed by atoms with Gasteiger partial charge in [-0.3, -0.25) is 4.79 Å². The van der Waals surface area contributed by atoms with Crippen molar-refractivity contribution in [3.8, 4) is 0 Å². The summed E-state index contributed by atoms with van der Waals surface area (Å²) in [6.07, 6.45) is 4.83. The molecule has 4 nitrogen and oxygen atoms in total. The first kappa shape index (κ1) is 21.5. The van der Waals surface area contributed by atoms with Crippen molar-refractivity contribution >= 4 is 29.9 Å². The van der Waals surface area contributed by atoms with Crippen molar-refractivity contribution in [1.29, 1.82) is 0 Å².